The number of carbonyl (C=O) groups excluding carboxylic acids is 1. The molecule has 0 unspecified atom stereocenters. The van der Waals surface area contributed by atoms with Crippen LogP contribution < -0.4 is 11.1 Å². The van der Waals surface area contributed by atoms with E-state index in [1.54, 1.807) is 0 Å². The summed E-state index contributed by atoms with van der Waals surface area (Å²) in [4.78, 5) is 12.1. The van der Waals surface area contributed by atoms with Gasteiger partial charge in [-0.05, 0) is 40.5 Å². The van der Waals surface area contributed by atoms with Crippen LogP contribution >= 0.6 is 15.9 Å². The van der Waals surface area contributed by atoms with Crippen molar-refractivity contribution >= 4 is 27.5 Å². The van der Waals surface area contributed by atoms with Gasteiger partial charge in [-0.1, -0.05) is 29.8 Å². The predicted octanol–water partition coefficient (Wildman–Crippen LogP) is 3.41. The molecule has 5 heteroatoms. The molecule has 0 saturated heterocycles. The minimum absolute atomic E-state index is 0.0475. The van der Waals surface area contributed by atoms with Crippen molar-refractivity contribution in [2.45, 2.75) is 13.5 Å². The maximum Gasteiger partial charge on any atom is 0.252 e. The van der Waals surface area contributed by atoms with Gasteiger partial charge >= 0.3 is 0 Å². The van der Waals surface area contributed by atoms with Crippen LogP contribution in [0, 0.1) is 12.7 Å². The Morgan fingerprint density at radius 3 is 2.60 bits per heavy atom. The van der Waals surface area contributed by atoms with Crippen molar-refractivity contribution in [2.75, 3.05) is 5.73 Å². The fourth-order valence-electron chi connectivity index (χ4n) is 1.72. The lowest BCUT2D eigenvalue weighted by Gasteiger charge is -2.08. The molecule has 0 radical (unpaired) electrons. The summed E-state index contributed by atoms with van der Waals surface area (Å²) in [5, 5.41) is 2.78. The van der Waals surface area contributed by atoms with Gasteiger partial charge < -0.3 is 11.1 Å². The summed E-state index contributed by atoms with van der Waals surface area (Å²) in [5.74, 6) is -0.851. The lowest BCUT2D eigenvalue weighted by atomic mass is 10.1. The molecule has 0 heterocycles. The highest BCUT2D eigenvalue weighted by molar-refractivity contribution is 9.10. The van der Waals surface area contributed by atoms with E-state index in [1.807, 2.05) is 31.2 Å². The summed E-state index contributed by atoms with van der Waals surface area (Å²) in [6, 6.07) is 10.4. The van der Waals surface area contributed by atoms with Crippen LogP contribution in [0.25, 0.3) is 0 Å². The van der Waals surface area contributed by atoms with Gasteiger partial charge in [0.25, 0.3) is 5.91 Å². The van der Waals surface area contributed by atoms with Crippen LogP contribution in [0.5, 0.6) is 0 Å². The quantitative estimate of drug-likeness (QED) is 0.844. The minimum Gasteiger partial charge on any atom is -0.396 e. The van der Waals surface area contributed by atoms with Crippen molar-refractivity contribution in [3.05, 3.63) is 63.4 Å². The molecule has 2 aromatic rings. The second kappa shape index (κ2) is 6.05. The standard InChI is InChI=1S/C15H14BrFN2O/c1-9-2-4-10(5-3-9)8-19-15(20)11-6-14(18)13(17)7-12(11)16/h2-7H,8,18H2,1H3,(H,19,20). The van der Waals surface area contributed by atoms with Crippen molar-refractivity contribution < 1.29 is 9.18 Å². The number of aryl methyl sites for hydroxylation is 1. The molecule has 3 nitrogen and oxygen atoms in total. The third-order valence-electron chi connectivity index (χ3n) is 2.90. The van der Waals surface area contributed by atoms with E-state index in [4.69, 9.17) is 5.73 Å². The molecule has 0 fully saturated rings. The van der Waals surface area contributed by atoms with E-state index >= 15 is 0 Å². The van der Waals surface area contributed by atoms with Gasteiger partial charge in [-0.2, -0.15) is 0 Å². The van der Waals surface area contributed by atoms with E-state index in [9.17, 15) is 9.18 Å². The molecule has 0 saturated carbocycles. The Hall–Kier alpha value is -1.88. The zero-order chi connectivity index (χ0) is 14.7. The van der Waals surface area contributed by atoms with Gasteiger partial charge in [0, 0.05) is 11.0 Å². The zero-order valence-corrected chi connectivity index (χ0v) is 12.5. The fourth-order valence-corrected chi connectivity index (χ4v) is 2.22. The SMILES string of the molecule is Cc1ccc(CNC(=O)c2cc(N)c(F)cc2Br)cc1. The molecule has 0 spiro atoms. The second-order valence-electron chi connectivity index (χ2n) is 4.52. The first-order chi connectivity index (χ1) is 9.47. The van der Waals surface area contributed by atoms with Crippen molar-refractivity contribution in [3.8, 4) is 0 Å². The second-order valence-corrected chi connectivity index (χ2v) is 5.38. The number of rotatable bonds is 3. The number of nitrogens with one attached hydrogen (secondary N) is 1. The largest absolute Gasteiger partial charge is 0.396 e. The molecule has 2 rings (SSSR count). The Morgan fingerprint density at radius 1 is 1.30 bits per heavy atom. The number of nitrogen functional groups attached to an aromatic ring is 1. The van der Waals surface area contributed by atoms with E-state index < -0.39 is 5.82 Å². The van der Waals surface area contributed by atoms with Gasteiger partial charge in [0.2, 0.25) is 0 Å². The summed E-state index contributed by atoms with van der Waals surface area (Å²) in [7, 11) is 0. The smallest absolute Gasteiger partial charge is 0.252 e. The predicted molar refractivity (Wildman–Crippen MR) is 80.9 cm³/mol. The average molecular weight is 337 g/mol. The first kappa shape index (κ1) is 14.5. The monoisotopic (exact) mass is 336 g/mol. The van der Waals surface area contributed by atoms with Crippen LogP contribution in [0.1, 0.15) is 21.5 Å². The molecule has 0 aliphatic rings. The highest BCUT2D eigenvalue weighted by Crippen LogP contribution is 2.22. The Morgan fingerprint density at radius 2 is 1.95 bits per heavy atom. The lowest BCUT2D eigenvalue weighted by Crippen LogP contribution is -2.23. The third-order valence-corrected chi connectivity index (χ3v) is 3.56. The first-order valence-electron chi connectivity index (χ1n) is 6.05. The highest BCUT2D eigenvalue weighted by Gasteiger charge is 2.13. The summed E-state index contributed by atoms with van der Waals surface area (Å²) < 4.78 is 13.6. The number of nitrogens with two attached hydrogens (primary N) is 1. The number of halogens is 2. The molecule has 0 atom stereocenters. The maximum atomic E-state index is 13.2. The summed E-state index contributed by atoms with van der Waals surface area (Å²) in [6.45, 7) is 2.41. The summed E-state index contributed by atoms with van der Waals surface area (Å²) in [6.07, 6.45) is 0. The average Bonchev–Trinajstić information content (AvgIpc) is 2.42. The molecule has 104 valence electrons. The maximum absolute atomic E-state index is 13.2. The number of anilines is 1. The fraction of sp³-hybridized carbons (Fsp3) is 0.133. The third kappa shape index (κ3) is 3.36. The molecule has 0 aromatic heterocycles. The number of benzene rings is 2. The molecular formula is C15H14BrFN2O. The van der Waals surface area contributed by atoms with Crippen LogP contribution in [-0.4, -0.2) is 5.91 Å². The van der Waals surface area contributed by atoms with Crippen molar-refractivity contribution in [2.24, 2.45) is 0 Å². The van der Waals surface area contributed by atoms with E-state index in [1.165, 1.54) is 12.1 Å². The van der Waals surface area contributed by atoms with E-state index in [0.29, 0.717) is 16.6 Å². The molecule has 3 N–H and O–H groups in total. The van der Waals surface area contributed by atoms with Crippen LogP contribution in [0.15, 0.2) is 40.9 Å². The van der Waals surface area contributed by atoms with Crippen molar-refractivity contribution in [1.29, 1.82) is 0 Å². The van der Waals surface area contributed by atoms with Gasteiger partial charge in [-0.15, -0.1) is 0 Å². The van der Waals surface area contributed by atoms with Gasteiger partial charge in [0.05, 0.1) is 11.3 Å². The molecule has 20 heavy (non-hydrogen) atoms. The highest BCUT2D eigenvalue weighted by atomic mass is 79.9. The van der Waals surface area contributed by atoms with Crippen LogP contribution in [0.4, 0.5) is 10.1 Å². The van der Waals surface area contributed by atoms with Gasteiger partial charge in [0.15, 0.2) is 0 Å². The van der Waals surface area contributed by atoms with Crippen LogP contribution in [0.2, 0.25) is 0 Å². The van der Waals surface area contributed by atoms with E-state index in [2.05, 4.69) is 21.2 Å². The molecule has 1 amide bonds. The van der Waals surface area contributed by atoms with Crippen LogP contribution in [0.3, 0.4) is 0 Å². The normalized spacial score (nSPS) is 10.3. The van der Waals surface area contributed by atoms with E-state index in [-0.39, 0.29) is 11.6 Å². The number of carbonyl (C=O) groups is 1. The van der Waals surface area contributed by atoms with Gasteiger partial charge in [-0.25, -0.2) is 4.39 Å². The zero-order valence-electron chi connectivity index (χ0n) is 10.9. The number of hydrogen-bond donors (Lipinski definition) is 2. The Balaban J connectivity index is 2.09. The molecule has 0 bridgehead atoms. The van der Waals surface area contributed by atoms with Gasteiger partial charge in [-0.3, -0.25) is 4.79 Å². The Labute approximate surface area is 125 Å². The number of amides is 1. The van der Waals surface area contributed by atoms with Crippen molar-refractivity contribution in [3.63, 3.8) is 0 Å². The number of hydrogen-bond acceptors (Lipinski definition) is 2. The van der Waals surface area contributed by atoms with Gasteiger partial charge in [0.1, 0.15) is 5.82 Å². The molecular weight excluding hydrogens is 323 g/mol. The lowest BCUT2D eigenvalue weighted by molar-refractivity contribution is 0.0950. The topological polar surface area (TPSA) is 55.1 Å². The molecule has 0 aliphatic carbocycles. The Kier molecular flexibility index (Phi) is 4.39. The molecule has 0 aliphatic heterocycles. The minimum atomic E-state index is -0.549. The molecule has 2 aromatic carbocycles. The Bertz CT molecular complexity index is 641. The summed E-state index contributed by atoms with van der Waals surface area (Å²) in [5.41, 5.74) is 7.90. The van der Waals surface area contributed by atoms with E-state index in [0.717, 1.165) is 11.1 Å². The van der Waals surface area contributed by atoms with Crippen LogP contribution in [-0.2, 0) is 6.54 Å². The van der Waals surface area contributed by atoms with Crippen molar-refractivity contribution in [1.82, 2.24) is 5.32 Å². The summed E-state index contributed by atoms with van der Waals surface area (Å²) >= 11 is 3.16. The first-order valence-corrected chi connectivity index (χ1v) is 6.85.